The molecule has 0 atom stereocenters. The minimum absolute atomic E-state index is 0.0984. The molecule has 2 heteroatoms. The van der Waals surface area contributed by atoms with Crippen LogP contribution in [0.2, 0.25) is 0 Å². The molecule has 0 aliphatic heterocycles. The van der Waals surface area contributed by atoms with Crippen LogP contribution < -0.4 is 10.6 Å². The summed E-state index contributed by atoms with van der Waals surface area (Å²) in [7, 11) is 0. The van der Waals surface area contributed by atoms with Crippen molar-refractivity contribution in [3.05, 3.63) is 156 Å². The van der Waals surface area contributed by atoms with Gasteiger partial charge in [0, 0.05) is 28.2 Å². The summed E-state index contributed by atoms with van der Waals surface area (Å²) in [6.07, 6.45) is 15.3. The Morgan fingerprint density at radius 1 is 0.415 bits per heavy atom. The number of nitrogens with one attached hydrogen (secondary N) is 2. The van der Waals surface area contributed by atoms with Gasteiger partial charge in [-0.3, -0.25) is 0 Å². The molecule has 0 bridgehead atoms. The van der Waals surface area contributed by atoms with Gasteiger partial charge in [0.15, 0.2) is 0 Å². The van der Waals surface area contributed by atoms with Crippen LogP contribution in [0.5, 0.6) is 0 Å². The lowest BCUT2D eigenvalue weighted by atomic mass is 9.70. The molecule has 2 aliphatic carbocycles. The lowest BCUT2D eigenvalue weighted by Gasteiger charge is -2.33. The van der Waals surface area contributed by atoms with Crippen molar-refractivity contribution in [2.45, 2.75) is 96.3 Å². The van der Waals surface area contributed by atoms with E-state index in [0.29, 0.717) is 0 Å². The second kappa shape index (κ2) is 15.9. The van der Waals surface area contributed by atoms with E-state index >= 15 is 0 Å². The van der Waals surface area contributed by atoms with E-state index in [1.54, 1.807) is 5.56 Å². The Balaban J connectivity index is 0.968. The van der Waals surface area contributed by atoms with E-state index in [2.05, 4.69) is 158 Å². The first-order valence-electron chi connectivity index (χ1n) is 20.3. The van der Waals surface area contributed by atoms with Gasteiger partial charge in [-0.15, -0.1) is 0 Å². The van der Waals surface area contributed by atoms with Gasteiger partial charge in [-0.1, -0.05) is 150 Å². The maximum atomic E-state index is 3.78. The Hall–Kier alpha value is -5.08. The molecular formula is C51H54N2. The summed E-state index contributed by atoms with van der Waals surface area (Å²) in [5.74, 6) is 0. The summed E-state index contributed by atoms with van der Waals surface area (Å²) in [6, 6.07) is 49.7. The third-order valence-electron chi connectivity index (χ3n) is 11.9. The molecule has 8 rings (SSSR count). The lowest BCUT2D eigenvalue weighted by Crippen LogP contribution is -2.25. The number of hydrogen-bond donors (Lipinski definition) is 2. The minimum Gasteiger partial charge on any atom is -0.356 e. The Morgan fingerprint density at radius 2 is 0.981 bits per heavy atom. The van der Waals surface area contributed by atoms with Crippen LogP contribution in [0.1, 0.15) is 100 Å². The largest absolute Gasteiger partial charge is 0.356 e. The summed E-state index contributed by atoms with van der Waals surface area (Å²) in [5.41, 5.74) is 18.5. The normalized spacial score (nSPS) is 13.5. The standard InChI is InChI=1S/C51H54N2/c1-3-5-7-11-32-51(33-12-8-6-4-2)49-17-10-9-16-47(49)48-31-30-46(36-50(48)51)53-44-28-24-38(25-29-44)37-22-26-43(27-23-37)52-45-15-13-14-40(35-45)42-21-19-39-18-20-41(39)34-42/h9-10,13-17,19,21-31,34-36,52-53H,3-8,11-12,18,20,32-33H2,1-2H3. The molecule has 0 radical (unpaired) electrons. The topological polar surface area (TPSA) is 24.1 Å². The van der Waals surface area contributed by atoms with E-state index in [1.165, 1.54) is 133 Å². The molecule has 0 heterocycles. The lowest BCUT2D eigenvalue weighted by molar-refractivity contribution is 0.401. The van der Waals surface area contributed by atoms with Crippen LogP contribution in [0.25, 0.3) is 33.4 Å². The van der Waals surface area contributed by atoms with E-state index in [9.17, 15) is 0 Å². The summed E-state index contributed by atoms with van der Waals surface area (Å²) in [5, 5.41) is 7.40. The van der Waals surface area contributed by atoms with Crippen molar-refractivity contribution in [2.75, 3.05) is 10.6 Å². The van der Waals surface area contributed by atoms with Gasteiger partial charge in [0.05, 0.1) is 0 Å². The van der Waals surface area contributed by atoms with E-state index < -0.39 is 0 Å². The SMILES string of the molecule is CCCCCCC1(CCCCCC)c2ccccc2-c2ccc(Nc3ccc(-c4ccc(Nc5cccc(-c6ccc7c(c6)CC7)c5)cc4)cc3)cc21. The quantitative estimate of drug-likeness (QED) is 0.0986. The molecule has 2 N–H and O–H groups in total. The molecule has 0 fully saturated rings. The van der Waals surface area contributed by atoms with Gasteiger partial charge in [0.2, 0.25) is 0 Å². The molecule has 0 spiro atoms. The fraction of sp³-hybridized carbons (Fsp3) is 0.294. The van der Waals surface area contributed by atoms with Gasteiger partial charge < -0.3 is 10.6 Å². The highest BCUT2D eigenvalue weighted by Gasteiger charge is 2.42. The summed E-state index contributed by atoms with van der Waals surface area (Å²) < 4.78 is 0. The number of aryl methyl sites for hydroxylation is 2. The van der Waals surface area contributed by atoms with Crippen LogP contribution in [-0.2, 0) is 18.3 Å². The molecule has 0 amide bonds. The zero-order valence-corrected chi connectivity index (χ0v) is 31.7. The number of unbranched alkanes of at least 4 members (excludes halogenated alkanes) is 6. The average molecular weight is 695 g/mol. The average Bonchev–Trinajstić information content (AvgIpc) is 3.45. The molecule has 0 aromatic heterocycles. The molecule has 0 saturated heterocycles. The van der Waals surface area contributed by atoms with Crippen LogP contribution in [0, 0.1) is 0 Å². The molecule has 6 aromatic carbocycles. The summed E-state index contributed by atoms with van der Waals surface area (Å²) in [6.45, 7) is 4.63. The zero-order valence-electron chi connectivity index (χ0n) is 31.7. The second-order valence-electron chi connectivity index (χ2n) is 15.5. The Kier molecular flexibility index (Phi) is 10.5. The smallest absolute Gasteiger partial charge is 0.0390 e. The third kappa shape index (κ3) is 7.42. The highest BCUT2D eigenvalue weighted by atomic mass is 14.9. The van der Waals surface area contributed by atoms with E-state index in [0.717, 1.165) is 17.1 Å². The van der Waals surface area contributed by atoms with E-state index in [-0.39, 0.29) is 5.41 Å². The predicted molar refractivity (Wildman–Crippen MR) is 228 cm³/mol. The van der Waals surface area contributed by atoms with Crippen molar-refractivity contribution >= 4 is 22.7 Å². The van der Waals surface area contributed by atoms with Crippen LogP contribution in [-0.4, -0.2) is 0 Å². The van der Waals surface area contributed by atoms with Gasteiger partial charge in [-0.25, -0.2) is 0 Å². The molecule has 0 saturated carbocycles. The van der Waals surface area contributed by atoms with Crippen LogP contribution in [0.4, 0.5) is 22.7 Å². The molecule has 6 aromatic rings. The minimum atomic E-state index is 0.0984. The first-order valence-corrected chi connectivity index (χ1v) is 20.3. The Morgan fingerprint density at radius 3 is 1.60 bits per heavy atom. The molecule has 2 aliphatic rings. The van der Waals surface area contributed by atoms with Gasteiger partial charge in [0.25, 0.3) is 0 Å². The fourth-order valence-corrected chi connectivity index (χ4v) is 8.88. The Bertz CT molecular complexity index is 2150. The fourth-order valence-electron chi connectivity index (χ4n) is 8.88. The van der Waals surface area contributed by atoms with Crippen molar-refractivity contribution in [1.82, 2.24) is 0 Å². The van der Waals surface area contributed by atoms with Gasteiger partial charge in [0.1, 0.15) is 0 Å². The van der Waals surface area contributed by atoms with Gasteiger partial charge in [-0.2, -0.15) is 0 Å². The first-order chi connectivity index (χ1) is 26.1. The monoisotopic (exact) mass is 694 g/mol. The van der Waals surface area contributed by atoms with Gasteiger partial charge in [-0.05, 0) is 130 Å². The highest BCUT2D eigenvalue weighted by molar-refractivity contribution is 5.83. The maximum absolute atomic E-state index is 3.78. The Labute approximate surface area is 317 Å². The second-order valence-corrected chi connectivity index (χ2v) is 15.5. The predicted octanol–water partition coefficient (Wildman–Crippen LogP) is 14.8. The molecule has 2 nitrogen and oxygen atoms in total. The molecule has 268 valence electrons. The number of fused-ring (bicyclic) bond motifs is 4. The highest BCUT2D eigenvalue weighted by Crippen LogP contribution is 2.55. The molecule has 53 heavy (non-hydrogen) atoms. The molecular weight excluding hydrogens is 641 g/mol. The molecule has 0 unspecified atom stereocenters. The van der Waals surface area contributed by atoms with Crippen molar-refractivity contribution in [3.8, 4) is 33.4 Å². The van der Waals surface area contributed by atoms with Crippen LogP contribution in [0.3, 0.4) is 0 Å². The van der Waals surface area contributed by atoms with Crippen molar-refractivity contribution < 1.29 is 0 Å². The van der Waals surface area contributed by atoms with E-state index in [4.69, 9.17) is 0 Å². The van der Waals surface area contributed by atoms with Gasteiger partial charge >= 0.3 is 0 Å². The number of rotatable bonds is 16. The maximum Gasteiger partial charge on any atom is 0.0390 e. The van der Waals surface area contributed by atoms with E-state index in [1.807, 2.05) is 0 Å². The van der Waals surface area contributed by atoms with Crippen molar-refractivity contribution in [2.24, 2.45) is 0 Å². The third-order valence-corrected chi connectivity index (χ3v) is 11.9. The number of hydrogen-bond acceptors (Lipinski definition) is 2. The van der Waals surface area contributed by atoms with Crippen LogP contribution in [0.15, 0.2) is 133 Å². The zero-order chi connectivity index (χ0) is 36.0. The van der Waals surface area contributed by atoms with Crippen molar-refractivity contribution in [3.63, 3.8) is 0 Å². The summed E-state index contributed by atoms with van der Waals surface area (Å²) >= 11 is 0. The van der Waals surface area contributed by atoms with Crippen LogP contribution >= 0.6 is 0 Å². The summed E-state index contributed by atoms with van der Waals surface area (Å²) in [4.78, 5) is 0. The first kappa shape index (κ1) is 35.0. The number of benzene rings is 6. The number of anilines is 4. The van der Waals surface area contributed by atoms with Crippen molar-refractivity contribution in [1.29, 1.82) is 0 Å².